The van der Waals surface area contributed by atoms with Crippen molar-refractivity contribution < 1.29 is 14.4 Å². The maximum Gasteiger partial charge on any atom is 0.270 e. The van der Waals surface area contributed by atoms with Crippen molar-refractivity contribution in [2.75, 3.05) is 6.79 Å². The van der Waals surface area contributed by atoms with Crippen LogP contribution in [0.15, 0.2) is 52.4 Å². The fraction of sp³-hybridized carbons (Fsp3) is 0.250. The third-order valence-electron chi connectivity index (χ3n) is 5.78. The van der Waals surface area contributed by atoms with Gasteiger partial charge in [-0.2, -0.15) is 0 Å². The number of thioether (sulfide) groups is 1. The quantitative estimate of drug-likeness (QED) is 0.157. The highest BCUT2D eigenvalue weighted by atomic mass is 32.2. The summed E-state index contributed by atoms with van der Waals surface area (Å²) in [6.45, 7) is 4.68. The summed E-state index contributed by atoms with van der Waals surface area (Å²) >= 11 is 2.88. The van der Waals surface area contributed by atoms with Crippen molar-refractivity contribution in [3.63, 3.8) is 0 Å². The zero-order chi connectivity index (χ0) is 23.8. The number of nitro groups is 1. The third-order valence-corrected chi connectivity index (χ3v) is 7.90. The average Bonchev–Trinajstić information content (AvgIpc) is 3.13. The molecule has 5 rings (SSSR count). The van der Waals surface area contributed by atoms with Gasteiger partial charge in [0.15, 0.2) is 11.9 Å². The number of thiophene rings is 1. The van der Waals surface area contributed by atoms with Crippen LogP contribution < -0.4 is 10.3 Å². The van der Waals surface area contributed by atoms with E-state index in [-0.39, 0.29) is 24.6 Å². The first-order valence-corrected chi connectivity index (χ1v) is 12.4. The molecule has 0 aliphatic carbocycles. The smallest absolute Gasteiger partial charge is 0.270 e. The second-order valence-electron chi connectivity index (χ2n) is 7.98. The van der Waals surface area contributed by atoms with Crippen molar-refractivity contribution in [3.8, 4) is 5.75 Å². The van der Waals surface area contributed by atoms with Crippen LogP contribution in [0.25, 0.3) is 10.2 Å². The van der Waals surface area contributed by atoms with Crippen LogP contribution in [0.1, 0.15) is 27.1 Å². The Bertz CT molecular complexity index is 1460. The van der Waals surface area contributed by atoms with Crippen molar-refractivity contribution in [1.29, 1.82) is 0 Å². The number of hydrogen-bond acceptors (Lipinski definition) is 8. The molecule has 174 valence electrons. The number of rotatable bonds is 6. The molecule has 1 aliphatic rings. The maximum atomic E-state index is 13.6. The number of ether oxygens (including phenoxy) is 2. The van der Waals surface area contributed by atoms with Crippen LogP contribution in [0.3, 0.4) is 0 Å². The van der Waals surface area contributed by atoms with E-state index in [4.69, 9.17) is 14.5 Å². The Morgan fingerprint density at radius 3 is 2.79 bits per heavy atom. The van der Waals surface area contributed by atoms with E-state index in [0.29, 0.717) is 44.5 Å². The van der Waals surface area contributed by atoms with Gasteiger partial charge in [0.2, 0.25) is 0 Å². The summed E-state index contributed by atoms with van der Waals surface area (Å²) in [5.41, 5.74) is 3.17. The SMILES string of the molecule is Cc1sc2nc(SCc3cc([N+](=O)[O-])cc4c3OCOC4)n(Cc3ccccc3)c(=O)c2c1C. The minimum Gasteiger partial charge on any atom is -0.467 e. The summed E-state index contributed by atoms with van der Waals surface area (Å²) in [6.07, 6.45) is 0. The van der Waals surface area contributed by atoms with Gasteiger partial charge < -0.3 is 9.47 Å². The zero-order valence-corrected chi connectivity index (χ0v) is 20.2. The van der Waals surface area contributed by atoms with E-state index >= 15 is 0 Å². The van der Waals surface area contributed by atoms with Crippen LogP contribution in [0.4, 0.5) is 5.69 Å². The highest BCUT2D eigenvalue weighted by molar-refractivity contribution is 7.98. The second kappa shape index (κ2) is 9.21. The standard InChI is InChI=1S/C24H21N3O5S2/c1-14-15(2)34-22-20(14)23(28)26(10-16-6-4-3-5-7-16)24(25-22)33-12-18-9-19(27(29)30)8-17-11-31-13-32-21(17)18/h3-9H,10-13H2,1-2H3. The number of aryl methyl sites for hydroxylation is 2. The molecule has 2 aromatic heterocycles. The number of nitrogens with zero attached hydrogens (tertiary/aromatic N) is 3. The van der Waals surface area contributed by atoms with Gasteiger partial charge in [-0.3, -0.25) is 19.5 Å². The van der Waals surface area contributed by atoms with Gasteiger partial charge in [0.05, 0.1) is 23.5 Å². The molecule has 0 saturated carbocycles. The molecule has 0 unspecified atom stereocenters. The average molecular weight is 496 g/mol. The summed E-state index contributed by atoms with van der Waals surface area (Å²) in [7, 11) is 0. The van der Waals surface area contributed by atoms with Crippen molar-refractivity contribution in [2.45, 2.75) is 37.9 Å². The number of hydrogen-bond donors (Lipinski definition) is 0. The molecule has 0 fully saturated rings. The summed E-state index contributed by atoms with van der Waals surface area (Å²) in [5.74, 6) is 0.963. The minimum atomic E-state index is -0.421. The van der Waals surface area contributed by atoms with Gasteiger partial charge in [-0.05, 0) is 25.0 Å². The van der Waals surface area contributed by atoms with E-state index in [2.05, 4.69) is 0 Å². The van der Waals surface area contributed by atoms with E-state index in [1.54, 1.807) is 4.57 Å². The Kier molecular flexibility index (Phi) is 6.11. The van der Waals surface area contributed by atoms with E-state index in [0.717, 1.165) is 16.0 Å². The lowest BCUT2D eigenvalue weighted by atomic mass is 10.1. The molecular weight excluding hydrogens is 474 g/mol. The van der Waals surface area contributed by atoms with E-state index in [9.17, 15) is 14.9 Å². The molecule has 0 radical (unpaired) electrons. The highest BCUT2D eigenvalue weighted by Gasteiger charge is 2.23. The largest absolute Gasteiger partial charge is 0.467 e. The van der Waals surface area contributed by atoms with Crippen LogP contribution in [0.2, 0.25) is 0 Å². The van der Waals surface area contributed by atoms with E-state index in [1.165, 1.54) is 35.2 Å². The number of nitro benzene ring substituents is 1. The molecule has 0 bridgehead atoms. The number of fused-ring (bicyclic) bond motifs is 2. The summed E-state index contributed by atoms with van der Waals surface area (Å²) < 4.78 is 12.7. The number of non-ortho nitro benzene ring substituents is 1. The Labute approximate surface area is 203 Å². The fourth-order valence-electron chi connectivity index (χ4n) is 3.96. The van der Waals surface area contributed by atoms with Crippen LogP contribution >= 0.6 is 23.1 Å². The Balaban J connectivity index is 1.58. The molecule has 2 aromatic carbocycles. The predicted octanol–water partition coefficient (Wildman–Crippen LogP) is 5.19. The molecule has 0 spiro atoms. The molecule has 4 aromatic rings. The van der Waals surface area contributed by atoms with Gasteiger partial charge in [0.25, 0.3) is 11.2 Å². The van der Waals surface area contributed by atoms with Gasteiger partial charge in [0, 0.05) is 33.9 Å². The molecule has 8 nitrogen and oxygen atoms in total. The predicted molar refractivity (Wildman–Crippen MR) is 132 cm³/mol. The van der Waals surface area contributed by atoms with Crippen molar-refractivity contribution in [2.24, 2.45) is 0 Å². The molecular formula is C24H21N3O5S2. The first-order valence-electron chi connectivity index (χ1n) is 10.6. The van der Waals surface area contributed by atoms with Crippen molar-refractivity contribution >= 4 is 39.0 Å². The Morgan fingerprint density at radius 2 is 2.03 bits per heavy atom. The van der Waals surface area contributed by atoms with E-state index in [1.807, 2.05) is 44.2 Å². The Morgan fingerprint density at radius 1 is 1.24 bits per heavy atom. The lowest BCUT2D eigenvalue weighted by Gasteiger charge is -2.20. The lowest BCUT2D eigenvalue weighted by molar-refractivity contribution is -0.385. The Hall–Kier alpha value is -3.21. The number of benzene rings is 2. The molecule has 0 atom stereocenters. The molecule has 0 saturated heterocycles. The number of aromatic nitrogens is 2. The summed E-state index contributed by atoms with van der Waals surface area (Å²) in [6, 6.07) is 12.8. The maximum absolute atomic E-state index is 13.6. The first-order chi connectivity index (χ1) is 16.4. The first kappa shape index (κ1) is 22.6. The minimum absolute atomic E-state index is 0.0157. The van der Waals surface area contributed by atoms with E-state index < -0.39 is 4.92 Å². The van der Waals surface area contributed by atoms with Gasteiger partial charge in [-0.1, -0.05) is 42.1 Å². The van der Waals surface area contributed by atoms with Gasteiger partial charge in [-0.25, -0.2) is 4.98 Å². The molecule has 0 amide bonds. The molecule has 10 heteroatoms. The zero-order valence-electron chi connectivity index (χ0n) is 18.6. The van der Waals surface area contributed by atoms with Crippen LogP contribution in [-0.4, -0.2) is 21.3 Å². The summed E-state index contributed by atoms with van der Waals surface area (Å²) in [5, 5.41) is 12.7. The second-order valence-corrected chi connectivity index (χ2v) is 10.1. The topological polar surface area (TPSA) is 96.5 Å². The van der Waals surface area contributed by atoms with Gasteiger partial charge in [-0.15, -0.1) is 11.3 Å². The van der Waals surface area contributed by atoms with Crippen molar-refractivity contribution in [3.05, 3.63) is 90.1 Å². The monoisotopic (exact) mass is 495 g/mol. The summed E-state index contributed by atoms with van der Waals surface area (Å²) in [4.78, 5) is 31.2. The molecule has 34 heavy (non-hydrogen) atoms. The van der Waals surface area contributed by atoms with Crippen molar-refractivity contribution in [1.82, 2.24) is 9.55 Å². The molecule has 3 heterocycles. The highest BCUT2D eigenvalue weighted by Crippen LogP contribution is 2.37. The normalized spacial score (nSPS) is 13.0. The fourth-order valence-corrected chi connectivity index (χ4v) is 6.00. The van der Waals surface area contributed by atoms with Crippen LogP contribution in [0, 0.1) is 24.0 Å². The molecule has 1 aliphatic heterocycles. The van der Waals surface area contributed by atoms with Crippen LogP contribution in [-0.2, 0) is 23.6 Å². The van der Waals surface area contributed by atoms with Gasteiger partial charge in [0.1, 0.15) is 10.6 Å². The lowest BCUT2D eigenvalue weighted by Crippen LogP contribution is -2.24. The van der Waals surface area contributed by atoms with Gasteiger partial charge >= 0.3 is 0 Å². The van der Waals surface area contributed by atoms with Crippen LogP contribution in [0.5, 0.6) is 5.75 Å². The third kappa shape index (κ3) is 4.20. The molecule has 0 N–H and O–H groups in total.